The fourth-order valence-corrected chi connectivity index (χ4v) is 4.67. The van der Waals surface area contributed by atoms with E-state index in [1.807, 2.05) is 45.2 Å². The summed E-state index contributed by atoms with van der Waals surface area (Å²) in [7, 11) is 1.82. The van der Waals surface area contributed by atoms with Gasteiger partial charge in [-0.05, 0) is 56.7 Å². The Kier molecular flexibility index (Phi) is 6.98. The molecule has 0 atom stereocenters. The molecule has 0 aliphatic rings. The van der Waals surface area contributed by atoms with Crippen molar-refractivity contribution < 1.29 is 9.59 Å². The zero-order valence-corrected chi connectivity index (χ0v) is 23.0. The molecule has 12 heteroatoms. The number of benzene rings is 2. The van der Waals surface area contributed by atoms with E-state index in [9.17, 15) is 14.9 Å². The van der Waals surface area contributed by atoms with Crippen LogP contribution < -0.4 is 15.5 Å². The van der Waals surface area contributed by atoms with Gasteiger partial charge < -0.3 is 15.2 Å². The van der Waals surface area contributed by atoms with Gasteiger partial charge in [-0.1, -0.05) is 29.5 Å². The van der Waals surface area contributed by atoms with Crippen LogP contribution in [0.25, 0.3) is 10.3 Å². The fourth-order valence-electron chi connectivity index (χ4n) is 3.87. The Morgan fingerprint density at radius 2 is 1.82 bits per heavy atom. The van der Waals surface area contributed by atoms with Crippen LogP contribution in [0.4, 0.5) is 22.5 Å². The summed E-state index contributed by atoms with van der Waals surface area (Å²) in [6, 6.07) is 16.6. The van der Waals surface area contributed by atoms with Gasteiger partial charge in [0.1, 0.15) is 17.0 Å². The number of hydrogen-bond donors (Lipinski definition) is 3. The predicted octanol–water partition coefficient (Wildman–Crippen LogP) is 5.19. The molecule has 5 aromatic rings. The number of hydrogen-bond acceptors (Lipinski definition) is 9. The van der Waals surface area contributed by atoms with Crippen molar-refractivity contribution in [2.45, 2.75) is 26.2 Å². The lowest BCUT2D eigenvalue weighted by Gasteiger charge is -2.18. The first kappa shape index (κ1) is 26.5. The number of nitrogens with zero attached hydrogens (tertiary/aromatic N) is 6. The first-order valence-corrected chi connectivity index (χ1v) is 13.1. The van der Waals surface area contributed by atoms with Crippen LogP contribution in [0.5, 0.6) is 0 Å². The van der Waals surface area contributed by atoms with Crippen LogP contribution in [-0.4, -0.2) is 43.8 Å². The number of aromatic amines is 1. The lowest BCUT2D eigenvalue weighted by atomic mass is 9.85. The second-order valence-corrected chi connectivity index (χ2v) is 10.6. The monoisotopic (exact) mass is 551 g/mol. The number of thiazole rings is 1. The molecular weight excluding hydrogens is 526 g/mol. The van der Waals surface area contributed by atoms with E-state index in [-0.39, 0.29) is 11.8 Å². The van der Waals surface area contributed by atoms with Gasteiger partial charge in [0.25, 0.3) is 11.8 Å². The minimum Gasteiger partial charge on any atom is -0.338 e. The number of H-pyrrole nitrogens is 1. The summed E-state index contributed by atoms with van der Waals surface area (Å²) < 4.78 is 0. The quantitative estimate of drug-likeness (QED) is 0.250. The van der Waals surface area contributed by atoms with Gasteiger partial charge >= 0.3 is 0 Å². The maximum absolute atomic E-state index is 13.0. The molecule has 2 aromatic carbocycles. The van der Waals surface area contributed by atoms with Gasteiger partial charge in [0.05, 0.1) is 23.9 Å². The highest BCUT2D eigenvalue weighted by molar-refractivity contribution is 7.22. The molecule has 0 unspecified atom stereocenters. The van der Waals surface area contributed by atoms with E-state index in [2.05, 4.69) is 41.6 Å². The number of fused-ring (bicyclic) bond motifs is 1. The van der Waals surface area contributed by atoms with E-state index in [1.165, 1.54) is 17.5 Å². The summed E-state index contributed by atoms with van der Waals surface area (Å²) in [6.45, 7) is 5.39. The van der Waals surface area contributed by atoms with Crippen molar-refractivity contribution in [1.82, 2.24) is 24.9 Å². The van der Waals surface area contributed by atoms with Crippen molar-refractivity contribution >= 4 is 56.0 Å². The molecule has 2 amide bonds. The standard InChI is InChI=1S/C28H25N9O2S/c1-16-30-13-21(32-16)24(39)35-27-34-22-14-31-26(36-25(22)40-27)37(4)20-10-6-9-19(12-20)33-23(38)17-7-5-8-18(11-17)28(2,3)15-29/h5-14H,1-4H3,(H,30,32)(H,33,38)(H,34,35,39). The maximum atomic E-state index is 13.0. The normalized spacial score (nSPS) is 11.2. The van der Waals surface area contributed by atoms with Gasteiger partial charge in [0, 0.05) is 24.0 Å². The van der Waals surface area contributed by atoms with Crippen LogP contribution in [-0.2, 0) is 5.41 Å². The van der Waals surface area contributed by atoms with Gasteiger partial charge in [0.15, 0.2) is 9.96 Å². The van der Waals surface area contributed by atoms with E-state index in [0.717, 1.165) is 11.3 Å². The number of imidazole rings is 1. The average molecular weight is 552 g/mol. The third-order valence-corrected chi connectivity index (χ3v) is 7.10. The number of anilines is 4. The summed E-state index contributed by atoms with van der Waals surface area (Å²) in [4.78, 5) is 48.2. The molecule has 0 bridgehead atoms. The number of nitriles is 1. The smallest absolute Gasteiger partial charge is 0.275 e. The molecule has 3 heterocycles. The predicted molar refractivity (Wildman–Crippen MR) is 154 cm³/mol. The van der Waals surface area contributed by atoms with E-state index < -0.39 is 5.41 Å². The lowest BCUT2D eigenvalue weighted by Crippen LogP contribution is -2.17. The first-order valence-electron chi connectivity index (χ1n) is 12.3. The van der Waals surface area contributed by atoms with E-state index in [1.54, 1.807) is 42.3 Å². The van der Waals surface area contributed by atoms with Gasteiger partial charge in [-0.2, -0.15) is 10.2 Å². The Balaban J connectivity index is 1.32. The maximum Gasteiger partial charge on any atom is 0.275 e. The Morgan fingerprint density at radius 1 is 1.02 bits per heavy atom. The molecular formula is C28H25N9O2S. The van der Waals surface area contributed by atoms with Crippen molar-refractivity contribution in [3.05, 3.63) is 83.6 Å². The Bertz CT molecular complexity index is 1780. The van der Waals surface area contributed by atoms with Crippen LogP contribution in [0, 0.1) is 18.3 Å². The van der Waals surface area contributed by atoms with Gasteiger partial charge in [0.2, 0.25) is 5.95 Å². The molecule has 3 N–H and O–H groups in total. The lowest BCUT2D eigenvalue weighted by molar-refractivity contribution is 0.101. The topological polar surface area (TPSA) is 153 Å². The molecule has 0 fully saturated rings. The molecule has 0 saturated carbocycles. The molecule has 0 radical (unpaired) electrons. The minimum absolute atomic E-state index is 0.280. The molecule has 200 valence electrons. The van der Waals surface area contributed by atoms with Crippen molar-refractivity contribution in [1.29, 1.82) is 5.26 Å². The highest BCUT2D eigenvalue weighted by Crippen LogP contribution is 2.29. The second kappa shape index (κ2) is 10.5. The van der Waals surface area contributed by atoms with Crippen LogP contribution in [0.3, 0.4) is 0 Å². The largest absolute Gasteiger partial charge is 0.338 e. The summed E-state index contributed by atoms with van der Waals surface area (Å²) in [5, 5.41) is 15.5. The Labute approximate surface area is 234 Å². The van der Waals surface area contributed by atoms with Crippen molar-refractivity contribution in [3.8, 4) is 6.07 Å². The number of nitrogens with one attached hydrogen (secondary N) is 3. The van der Waals surface area contributed by atoms with E-state index in [4.69, 9.17) is 0 Å². The molecule has 0 aliphatic carbocycles. The average Bonchev–Trinajstić information content (AvgIpc) is 3.57. The first-order chi connectivity index (χ1) is 19.1. The molecule has 3 aromatic heterocycles. The number of amides is 2. The third-order valence-electron chi connectivity index (χ3n) is 6.22. The second-order valence-electron chi connectivity index (χ2n) is 9.60. The highest BCUT2D eigenvalue weighted by Gasteiger charge is 2.21. The van der Waals surface area contributed by atoms with Gasteiger partial charge in [-0.25, -0.2) is 15.0 Å². The zero-order chi connectivity index (χ0) is 28.4. The Hall–Kier alpha value is -5.15. The summed E-state index contributed by atoms with van der Waals surface area (Å²) >= 11 is 1.24. The van der Waals surface area contributed by atoms with Crippen molar-refractivity contribution in [2.75, 3.05) is 22.6 Å². The van der Waals surface area contributed by atoms with Crippen LogP contribution in [0.2, 0.25) is 0 Å². The van der Waals surface area contributed by atoms with E-state index in [0.29, 0.717) is 44.2 Å². The van der Waals surface area contributed by atoms with Gasteiger partial charge in [-0.3, -0.25) is 14.9 Å². The van der Waals surface area contributed by atoms with Crippen LogP contribution in [0.1, 0.15) is 46.1 Å². The third kappa shape index (κ3) is 5.50. The zero-order valence-electron chi connectivity index (χ0n) is 22.2. The molecule has 0 aliphatic heterocycles. The van der Waals surface area contributed by atoms with Crippen molar-refractivity contribution in [2.24, 2.45) is 0 Å². The van der Waals surface area contributed by atoms with E-state index >= 15 is 0 Å². The molecule has 11 nitrogen and oxygen atoms in total. The number of aryl methyl sites for hydroxylation is 1. The molecule has 0 spiro atoms. The summed E-state index contributed by atoms with van der Waals surface area (Å²) in [5.74, 6) is 0.445. The number of aromatic nitrogens is 5. The van der Waals surface area contributed by atoms with Crippen molar-refractivity contribution in [3.63, 3.8) is 0 Å². The fraction of sp³-hybridized carbons (Fsp3) is 0.179. The number of carbonyl (C=O) groups is 2. The highest BCUT2D eigenvalue weighted by atomic mass is 32.1. The molecule has 0 saturated heterocycles. The van der Waals surface area contributed by atoms with Crippen LogP contribution in [0.15, 0.2) is 60.9 Å². The number of carbonyl (C=O) groups excluding carboxylic acids is 2. The summed E-state index contributed by atoms with van der Waals surface area (Å²) in [6.07, 6.45) is 3.07. The molecule has 5 rings (SSSR count). The Morgan fingerprint density at radius 3 is 2.58 bits per heavy atom. The SMILES string of the molecule is Cc1ncc(C(=O)Nc2nc3cnc(N(C)c4cccc(NC(=O)c5cccc(C(C)(C)C#N)c5)c4)nc3s2)[nH]1. The van der Waals surface area contributed by atoms with Gasteiger partial charge in [-0.15, -0.1) is 0 Å². The number of rotatable bonds is 7. The minimum atomic E-state index is -0.705. The summed E-state index contributed by atoms with van der Waals surface area (Å²) in [5.41, 5.74) is 2.77. The molecule has 40 heavy (non-hydrogen) atoms. The van der Waals surface area contributed by atoms with Crippen LogP contribution >= 0.6 is 11.3 Å².